The molecule has 2 rings (SSSR count). The van der Waals surface area contributed by atoms with E-state index in [1.54, 1.807) is 0 Å². The Kier molecular flexibility index (Phi) is 2.66. The molecule has 0 fully saturated rings. The van der Waals surface area contributed by atoms with E-state index in [4.69, 9.17) is 22.1 Å². The Labute approximate surface area is 89.0 Å². The summed E-state index contributed by atoms with van der Waals surface area (Å²) in [6.45, 7) is 2.71. The lowest BCUT2D eigenvalue weighted by molar-refractivity contribution is 0.204. The van der Waals surface area contributed by atoms with Gasteiger partial charge in [0, 0.05) is 22.5 Å². The van der Waals surface area contributed by atoms with Gasteiger partial charge in [-0.2, -0.15) is 0 Å². The Morgan fingerprint density at radius 2 is 2.36 bits per heavy atom. The van der Waals surface area contributed by atoms with Gasteiger partial charge >= 0.3 is 0 Å². The molecule has 2 N–H and O–H groups in total. The first kappa shape index (κ1) is 9.81. The molecule has 1 aliphatic rings. The second-order valence-electron chi connectivity index (χ2n) is 3.85. The van der Waals surface area contributed by atoms with Gasteiger partial charge in [-0.3, -0.25) is 0 Å². The fourth-order valence-electron chi connectivity index (χ4n) is 1.73. The van der Waals surface area contributed by atoms with Gasteiger partial charge in [0.15, 0.2) is 0 Å². The molecule has 0 radical (unpaired) electrons. The van der Waals surface area contributed by atoms with Gasteiger partial charge in [0.2, 0.25) is 0 Å². The summed E-state index contributed by atoms with van der Waals surface area (Å²) in [5.74, 6) is 1.29. The van der Waals surface area contributed by atoms with Gasteiger partial charge in [-0.1, -0.05) is 17.7 Å². The number of hydrogen-bond acceptors (Lipinski definition) is 2. The maximum atomic E-state index is 6.09. The molecular weight excluding hydrogens is 198 g/mol. The van der Waals surface area contributed by atoms with E-state index in [9.17, 15) is 0 Å². The van der Waals surface area contributed by atoms with Crippen molar-refractivity contribution >= 4 is 11.6 Å². The van der Waals surface area contributed by atoms with Crippen molar-refractivity contribution in [1.82, 2.24) is 0 Å². The molecule has 0 saturated carbocycles. The van der Waals surface area contributed by atoms with Crippen LogP contribution in [-0.2, 0) is 6.42 Å². The Hall–Kier alpha value is -0.730. The predicted octanol–water partition coefficient (Wildman–Crippen LogP) is 2.24. The van der Waals surface area contributed by atoms with E-state index < -0.39 is 0 Å². The van der Waals surface area contributed by atoms with Crippen LogP contribution in [0.25, 0.3) is 0 Å². The highest BCUT2D eigenvalue weighted by Gasteiger charge is 2.24. The van der Waals surface area contributed by atoms with Crippen molar-refractivity contribution in [3.63, 3.8) is 0 Å². The molecule has 2 atom stereocenters. The molecule has 3 heteroatoms. The second kappa shape index (κ2) is 3.79. The highest BCUT2D eigenvalue weighted by Crippen LogP contribution is 2.33. The van der Waals surface area contributed by atoms with E-state index in [1.807, 2.05) is 25.1 Å². The summed E-state index contributed by atoms with van der Waals surface area (Å²) in [5, 5.41) is 0.785. The van der Waals surface area contributed by atoms with Gasteiger partial charge in [0.25, 0.3) is 0 Å². The third-order valence-electron chi connectivity index (χ3n) is 2.74. The summed E-state index contributed by atoms with van der Waals surface area (Å²) in [6, 6.07) is 5.92. The molecule has 0 aromatic heterocycles. The van der Waals surface area contributed by atoms with E-state index in [1.165, 1.54) is 0 Å². The predicted molar refractivity (Wildman–Crippen MR) is 57.8 cm³/mol. The molecule has 14 heavy (non-hydrogen) atoms. The minimum atomic E-state index is 0.152. The maximum absolute atomic E-state index is 6.09. The SMILES string of the molecule is C[C@@H](N)C1COc2cccc(Cl)c2C1. The van der Waals surface area contributed by atoms with Crippen LogP contribution in [-0.4, -0.2) is 12.6 Å². The summed E-state index contributed by atoms with van der Waals surface area (Å²) >= 11 is 6.09. The molecule has 0 amide bonds. The fourth-order valence-corrected chi connectivity index (χ4v) is 1.97. The van der Waals surface area contributed by atoms with Gasteiger partial charge in [-0.15, -0.1) is 0 Å². The minimum Gasteiger partial charge on any atom is -0.493 e. The highest BCUT2D eigenvalue weighted by atomic mass is 35.5. The van der Waals surface area contributed by atoms with Crippen LogP contribution < -0.4 is 10.5 Å². The van der Waals surface area contributed by atoms with Crippen molar-refractivity contribution in [3.8, 4) is 5.75 Å². The molecule has 0 aliphatic carbocycles. The summed E-state index contributed by atoms with van der Waals surface area (Å²) in [7, 11) is 0. The zero-order valence-electron chi connectivity index (χ0n) is 8.16. The molecular formula is C11H14ClNO. The number of rotatable bonds is 1. The Balaban J connectivity index is 2.29. The Bertz CT molecular complexity index is 338. The average molecular weight is 212 g/mol. The molecule has 1 heterocycles. The summed E-state index contributed by atoms with van der Waals surface area (Å²) < 4.78 is 5.61. The zero-order valence-corrected chi connectivity index (χ0v) is 8.92. The molecule has 2 nitrogen and oxygen atoms in total. The van der Waals surface area contributed by atoms with Crippen LogP contribution in [0, 0.1) is 5.92 Å². The van der Waals surface area contributed by atoms with Crippen molar-refractivity contribution in [2.75, 3.05) is 6.61 Å². The van der Waals surface area contributed by atoms with Crippen molar-refractivity contribution < 1.29 is 4.74 Å². The van der Waals surface area contributed by atoms with E-state index in [0.717, 1.165) is 22.8 Å². The number of nitrogens with two attached hydrogens (primary N) is 1. The van der Waals surface area contributed by atoms with Crippen molar-refractivity contribution in [3.05, 3.63) is 28.8 Å². The topological polar surface area (TPSA) is 35.2 Å². The molecule has 76 valence electrons. The summed E-state index contributed by atoms with van der Waals surface area (Å²) in [6.07, 6.45) is 0.923. The van der Waals surface area contributed by atoms with Crippen LogP contribution in [0.15, 0.2) is 18.2 Å². The number of fused-ring (bicyclic) bond motifs is 1. The lowest BCUT2D eigenvalue weighted by atomic mass is 9.92. The maximum Gasteiger partial charge on any atom is 0.123 e. The van der Waals surface area contributed by atoms with E-state index in [2.05, 4.69) is 0 Å². The second-order valence-corrected chi connectivity index (χ2v) is 4.26. The molecule has 0 saturated heterocycles. The lowest BCUT2D eigenvalue weighted by Gasteiger charge is -2.28. The Morgan fingerprint density at radius 3 is 3.07 bits per heavy atom. The molecule has 0 bridgehead atoms. The first-order valence-electron chi connectivity index (χ1n) is 4.84. The van der Waals surface area contributed by atoms with Crippen LogP contribution in [0.3, 0.4) is 0 Å². The molecule has 1 aliphatic heterocycles. The number of benzene rings is 1. The van der Waals surface area contributed by atoms with Crippen LogP contribution in [0.2, 0.25) is 5.02 Å². The van der Waals surface area contributed by atoms with E-state index >= 15 is 0 Å². The summed E-state index contributed by atoms with van der Waals surface area (Å²) in [5.41, 5.74) is 6.95. The third kappa shape index (κ3) is 1.72. The lowest BCUT2D eigenvalue weighted by Crippen LogP contribution is -2.35. The van der Waals surface area contributed by atoms with Gasteiger partial charge < -0.3 is 10.5 Å². The monoisotopic (exact) mass is 211 g/mol. The van der Waals surface area contributed by atoms with Crippen molar-refractivity contribution in [2.45, 2.75) is 19.4 Å². The summed E-state index contributed by atoms with van der Waals surface area (Å²) in [4.78, 5) is 0. The minimum absolute atomic E-state index is 0.152. The van der Waals surface area contributed by atoms with Crippen LogP contribution in [0.1, 0.15) is 12.5 Å². The largest absolute Gasteiger partial charge is 0.493 e. The standard InChI is InChI=1S/C11H14ClNO/c1-7(13)8-5-9-10(12)3-2-4-11(9)14-6-8/h2-4,7-8H,5-6,13H2,1H3/t7-,8?/m1/s1. The first-order chi connectivity index (χ1) is 6.68. The van der Waals surface area contributed by atoms with Crippen molar-refractivity contribution in [2.24, 2.45) is 11.7 Å². The quantitative estimate of drug-likeness (QED) is 0.773. The normalized spacial score (nSPS) is 22.4. The molecule has 1 aromatic rings. The molecule has 1 unspecified atom stereocenters. The van der Waals surface area contributed by atoms with Gasteiger partial charge in [0.1, 0.15) is 5.75 Å². The van der Waals surface area contributed by atoms with E-state index in [-0.39, 0.29) is 6.04 Å². The smallest absolute Gasteiger partial charge is 0.123 e. The number of ether oxygens (including phenoxy) is 1. The number of halogens is 1. The fraction of sp³-hybridized carbons (Fsp3) is 0.455. The van der Waals surface area contributed by atoms with Gasteiger partial charge in [0.05, 0.1) is 6.61 Å². The average Bonchev–Trinajstić information content (AvgIpc) is 2.18. The Morgan fingerprint density at radius 1 is 1.57 bits per heavy atom. The van der Waals surface area contributed by atoms with Gasteiger partial charge in [-0.05, 0) is 25.5 Å². The first-order valence-corrected chi connectivity index (χ1v) is 5.22. The molecule has 1 aromatic carbocycles. The number of hydrogen-bond donors (Lipinski definition) is 1. The van der Waals surface area contributed by atoms with Crippen LogP contribution in [0.4, 0.5) is 0 Å². The van der Waals surface area contributed by atoms with Crippen LogP contribution >= 0.6 is 11.6 Å². The van der Waals surface area contributed by atoms with E-state index in [0.29, 0.717) is 12.5 Å². The van der Waals surface area contributed by atoms with Gasteiger partial charge in [-0.25, -0.2) is 0 Å². The van der Waals surface area contributed by atoms with Crippen molar-refractivity contribution in [1.29, 1.82) is 0 Å². The molecule has 0 spiro atoms. The highest BCUT2D eigenvalue weighted by molar-refractivity contribution is 6.31. The zero-order chi connectivity index (χ0) is 10.1. The third-order valence-corrected chi connectivity index (χ3v) is 3.09. The van der Waals surface area contributed by atoms with Crippen LogP contribution in [0.5, 0.6) is 5.75 Å².